The van der Waals surface area contributed by atoms with E-state index in [0.717, 1.165) is 39.5 Å². The topological polar surface area (TPSA) is 89.9 Å². The number of rotatable bonds is 3. The maximum Gasteiger partial charge on any atom is 0.246 e. The lowest BCUT2D eigenvalue weighted by Crippen LogP contribution is -2.27. The second kappa shape index (κ2) is 6.70. The SMILES string of the molecule is C=CC(=O)N1CC[C@@H](n2cc(-c3cnc4ccccc4c3)c3c(N)ncnc32)C1. The van der Waals surface area contributed by atoms with E-state index in [9.17, 15) is 4.79 Å². The standard InChI is InChI=1S/C22H20N6O/c1-2-19(29)27-8-7-16(11-27)28-12-17(20-21(23)25-13-26-22(20)28)15-9-14-5-3-4-6-18(14)24-10-15/h2-6,9-10,12-13,16H,1,7-8,11H2,(H2,23,25,26)/t16-/m1/s1. The lowest BCUT2D eigenvalue weighted by atomic mass is 10.1. The molecule has 1 saturated heterocycles. The van der Waals surface area contributed by atoms with Gasteiger partial charge in [-0.05, 0) is 24.6 Å². The van der Waals surface area contributed by atoms with Crippen molar-refractivity contribution in [3.05, 3.63) is 61.7 Å². The first-order valence-corrected chi connectivity index (χ1v) is 9.53. The number of hydrogen-bond donors (Lipinski definition) is 1. The summed E-state index contributed by atoms with van der Waals surface area (Å²) >= 11 is 0. The summed E-state index contributed by atoms with van der Waals surface area (Å²) in [6.07, 6.45) is 7.62. The van der Waals surface area contributed by atoms with Crippen LogP contribution in [0.3, 0.4) is 0 Å². The zero-order chi connectivity index (χ0) is 20.0. The first-order valence-electron chi connectivity index (χ1n) is 9.53. The predicted molar refractivity (Wildman–Crippen MR) is 113 cm³/mol. The fraction of sp³-hybridized carbons (Fsp3) is 0.182. The Morgan fingerprint density at radius 1 is 1.24 bits per heavy atom. The summed E-state index contributed by atoms with van der Waals surface area (Å²) in [6.45, 7) is 4.91. The highest BCUT2D eigenvalue weighted by Gasteiger charge is 2.28. The van der Waals surface area contributed by atoms with Crippen molar-refractivity contribution in [1.29, 1.82) is 0 Å². The Hall–Kier alpha value is -3.74. The molecule has 1 amide bonds. The van der Waals surface area contributed by atoms with E-state index in [1.54, 1.807) is 0 Å². The molecule has 0 bridgehead atoms. The smallest absolute Gasteiger partial charge is 0.246 e. The lowest BCUT2D eigenvalue weighted by molar-refractivity contribution is -0.125. The Kier molecular flexibility index (Phi) is 4.01. The van der Waals surface area contributed by atoms with E-state index in [4.69, 9.17) is 5.73 Å². The van der Waals surface area contributed by atoms with Crippen LogP contribution in [-0.4, -0.2) is 43.4 Å². The normalized spacial score (nSPS) is 16.6. The monoisotopic (exact) mass is 384 g/mol. The van der Waals surface area contributed by atoms with Gasteiger partial charge in [-0.2, -0.15) is 0 Å². The predicted octanol–water partition coefficient (Wildman–Crippen LogP) is 3.19. The van der Waals surface area contributed by atoms with Crippen LogP contribution >= 0.6 is 0 Å². The molecule has 0 unspecified atom stereocenters. The number of likely N-dealkylation sites (tertiary alicyclic amines) is 1. The molecule has 29 heavy (non-hydrogen) atoms. The Bertz CT molecular complexity index is 1260. The molecule has 1 aliphatic heterocycles. The van der Waals surface area contributed by atoms with Crippen molar-refractivity contribution in [2.75, 3.05) is 18.8 Å². The molecule has 4 aromatic rings. The maximum atomic E-state index is 12.0. The lowest BCUT2D eigenvalue weighted by Gasteiger charge is -2.15. The van der Waals surface area contributed by atoms with Gasteiger partial charge in [-0.25, -0.2) is 9.97 Å². The third-order valence-corrected chi connectivity index (χ3v) is 5.58. The van der Waals surface area contributed by atoms with E-state index in [0.29, 0.717) is 18.9 Å². The summed E-state index contributed by atoms with van der Waals surface area (Å²) in [5.41, 5.74) is 9.89. The van der Waals surface area contributed by atoms with Crippen LogP contribution in [-0.2, 0) is 4.79 Å². The third kappa shape index (κ3) is 2.82. The first-order chi connectivity index (χ1) is 14.2. The number of nitrogen functional groups attached to an aromatic ring is 1. The Morgan fingerprint density at radius 3 is 2.97 bits per heavy atom. The van der Waals surface area contributed by atoms with Crippen LogP contribution in [0.15, 0.2) is 61.7 Å². The molecule has 1 aliphatic rings. The van der Waals surface area contributed by atoms with Gasteiger partial charge in [0.25, 0.3) is 0 Å². The van der Waals surface area contributed by atoms with Crippen LogP contribution in [0.25, 0.3) is 33.1 Å². The quantitative estimate of drug-likeness (QED) is 0.548. The van der Waals surface area contributed by atoms with Crippen molar-refractivity contribution in [3.63, 3.8) is 0 Å². The van der Waals surface area contributed by atoms with Crippen LogP contribution in [0.5, 0.6) is 0 Å². The number of fused-ring (bicyclic) bond motifs is 2. The summed E-state index contributed by atoms with van der Waals surface area (Å²) in [6, 6.07) is 10.2. The van der Waals surface area contributed by atoms with Crippen molar-refractivity contribution >= 4 is 33.7 Å². The van der Waals surface area contributed by atoms with E-state index in [-0.39, 0.29) is 11.9 Å². The summed E-state index contributed by atoms with van der Waals surface area (Å²) < 4.78 is 2.12. The number of amides is 1. The van der Waals surface area contributed by atoms with Crippen molar-refractivity contribution < 1.29 is 4.79 Å². The van der Waals surface area contributed by atoms with Gasteiger partial charge >= 0.3 is 0 Å². The number of para-hydroxylation sites is 1. The second-order valence-corrected chi connectivity index (χ2v) is 7.26. The van der Waals surface area contributed by atoms with E-state index in [1.807, 2.05) is 35.4 Å². The van der Waals surface area contributed by atoms with Gasteiger partial charge in [0.15, 0.2) is 0 Å². The van der Waals surface area contributed by atoms with Crippen LogP contribution in [0, 0.1) is 0 Å². The Morgan fingerprint density at radius 2 is 2.10 bits per heavy atom. The first kappa shape index (κ1) is 17.4. The molecule has 0 spiro atoms. The van der Waals surface area contributed by atoms with Gasteiger partial charge in [-0.3, -0.25) is 9.78 Å². The van der Waals surface area contributed by atoms with Crippen molar-refractivity contribution in [2.24, 2.45) is 0 Å². The van der Waals surface area contributed by atoms with E-state index in [1.165, 1.54) is 12.4 Å². The number of carbonyl (C=O) groups excluding carboxylic acids is 1. The highest BCUT2D eigenvalue weighted by atomic mass is 16.2. The number of benzene rings is 1. The molecule has 1 atom stereocenters. The molecule has 0 radical (unpaired) electrons. The fourth-order valence-corrected chi connectivity index (χ4v) is 4.12. The van der Waals surface area contributed by atoms with Crippen molar-refractivity contribution in [2.45, 2.75) is 12.5 Å². The van der Waals surface area contributed by atoms with Crippen LogP contribution < -0.4 is 5.73 Å². The molecule has 7 nitrogen and oxygen atoms in total. The molecule has 7 heteroatoms. The summed E-state index contributed by atoms with van der Waals surface area (Å²) in [5.74, 6) is 0.394. The van der Waals surface area contributed by atoms with E-state index in [2.05, 4.69) is 38.4 Å². The molecule has 2 N–H and O–H groups in total. The van der Waals surface area contributed by atoms with Crippen LogP contribution in [0.2, 0.25) is 0 Å². The van der Waals surface area contributed by atoms with Crippen LogP contribution in [0.4, 0.5) is 5.82 Å². The number of anilines is 1. The van der Waals surface area contributed by atoms with E-state index >= 15 is 0 Å². The number of hydrogen-bond acceptors (Lipinski definition) is 5. The molecule has 0 aliphatic carbocycles. The molecule has 4 heterocycles. The molecular formula is C22H20N6O. The van der Waals surface area contributed by atoms with E-state index < -0.39 is 0 Å². The number of nitrogens with zero attached hydrogens (tertiary/aromatic N) is 5. The Labute approximate surface area is 167 Å². The fourth-order valence-electron chi connectivity index (χ4n) is 4.12. The zero-order valence-electron chi connectivity index (χ0n) is 15.8. The van der Waals surface area contributed by atoms with Gasteiger partial charge in [0.1, 0.15) is 17.8 Å². The number of nitrogens with two attached hydrogens (primary N) is 1. The van der Waals surface area contributed by atoms with Gasteiger partial charge < -0.3 is 15.2 Å². The largest absolute Gasteiger partial charge is 0.383 e. The summed E-state index contributed by atoms with van der Waals surface area (Å²) in [4.78, 5) is 27.1. The van der Waals surface area contributed by atoms with Crippen molar-refractivity contribution in [3.8, 4) is 11.1 Å². The molecule has 5 rings (SSSR count). The zero-order valence-corrected chi connectivity index (χ0v) is 15.8. The highest BCUT2D eigenvalue weighted by Crippen LogP contribution is 2.36. The molecule has 0 saturated carbocycles. The molecule has 1 aromatic carbocycles. The third-order valence-electron chi connectivity index (χ3n) is 5.58. The average molecular weight is 384 g/mol. The van der Waals surface area contributed by atoms with Crippen molar-refractivity contribution in [1.82, 2.24) is 24.4 Å². The number of carbonyl (C=O) groups is 1. The second-order valence-electron chi connectivity index (χ2n) is 7.26. The highest BCUT2D eigenvalue weighted by molar-refractivity contribution is 6.01. The minimum absolute atomic E-state index is 0.0444. The molecule has 1 fully saturated rings. The molecule has 144 valence electrons. The van der Waals surface area contributed by atoms with Gasteiger partial charge in [0, 0.05) is 42.0 Å². The Balaban J connectivity index is 1.65. The molecule has 3 aromatic heterocycles. The minimum Gasteiger partial charge on any atom is -0.383 e. The van der Waals surface area contributed by atoms with Gasteiger partial charge in [0.2, 0.25) is 5.91 Å². The van der Waals surface area contributed by atoms with Gasteiger partial charge in [-0.1, -0.05) is 24.8 Å². The summed E-state index contributed by atoms with van der Waals surface area (Å²) in [5, 5.41) is 1.88. The number of aromatic nitrogens is 4. The summed E-state index contributed by atoms with van der Waals surface area (Å²) in [7, 11) is 0. The average Bonchev–Trinajstić information content (AvgIpc) is 3.38. The number of pyridine rings is 1. The maximum absolute atomic E-state index is 12.0. The minimum atomic E-state index is -0.0444. The molecular weight excluding hydrogens is 364 g/mol. The van der Waals surface area contributed by atoms with Gasteiger partial charge in [0.05, 0.1) is 16.9 Å². The van der Waals surface area contributed by atoms with Gasteiger partial charge in [-0.15, -0.1) is 0 Å². The van der Waals surface area contributed by atoms with Crippen LogP contribution in [0.1, 0.15) is 12.5 Å².